The van der Waals surface area contributed by atoms with Crippen LogP contribution in [0.15, 0.2) is 48.0 Å². The Morgan fingerprint density at radius 1 is 1.19 bits per heavy atom. The molecule has 0 radical (unpaired) electrons. The lowest BCUT2D eigenvalue weighted by Gasteiger charge is -2.12. The number of carbonyl (C=O) groups excluding carboxylic acids is 2. The third-order valence-electron chi connectivity index (χ3n) is 3.64. The quantitative estimate of drug-likeness (QED) is 0.643. The van der Waals surface area contributed by atoms with E-state index in [-0.39, 0.29) is 5.69 Å². The van der Waals surface area contributed by atoms with Crippen molar-refractivity contribution < 1.29 is 14.3 Å². The summed E-state index contributed by atoms with van der Waals surface area (Å²) in [6.07, 6.45) is 0.412. The number of amides is 1. The molecular weight excluding hydrogens is 386 g/mol. The van der Waals surface area contributed by atoms with Crippen LogP contribution in [-0.2, 0) is 9.53 Å². The van der Waals surface area contributed by atoms with Crippen molar-refractivity contribution in [2.75, 3.05) is 5.32 Å². The molecule has 2 aromatic heterocycles. The molecule has 0 aliphatic rings. The molecule has 27 heavy (non-hydrogen) atoms. The summed E-state index contributed by atoms with van der Waals surface area (Å²) < 4.78 is 5.20. The molecule has 0 saturated carbocycles. The molecule has 0 unspecified atom stereocenters. The molecule has 1 atom stereocenters. The van der Waals surface area contributed by atoms with Crippen LogP contribution in [0.25, 0.3) is 10.6 Å². The summed E-state index contributed by atoms with van der Waals surface area (Å²) in [4.78, 5) is 32.7. The van der Waals surface area contributed by atoms with Gasteiger partial charge in [0.2, 0.25) is 0 Å². The zero-order chi connectivity index (χ0) is 19.4. The van der Waals surface area contributed by atoms with E-state index in [0.29, 0.717) is 15.8 Å². The van der Waals surface area contributed by atoms with Crippen LogP contribution in [-0.4, -0.2) is 27.9 Å². The second-order valence-corrected chi connectivity index (χ2v) is 7.10. The van der Waals surface area contributed by atoms with Gasteiger partial charge in [-0.3, -0.25) is 4.79 Å². The SMILES string of the molecule is Cc1ccc(-c2nc(C(=O)O[C@H](C)C(=O)Nc3ccc(Cl)cn3)cs2)cc1. The maximum absolute atomic E-state index is 12.3. The van der Waals surface area contributed by atoms with E-state index < -0.39 is 18.0 Å². The summed E-state index contributed by atoms with van der Waals surface area (Å²) in [5.41, 5.74) is 2.23. The Kier molecular flexibility index (Phi) is 5.83. The first-order valence-electron chi connectivity index (χ1n) is 8.08. The molecule has 3 aromatic rings. The Morgan fingerprint density at radius 2 is 1.93 bits per heavy atom. The summed E-state index contributed by atoms with van der Waals surface area (Å²) >= 11 is 7.09. The highest BCUT2D eigenvalue weighted by Gasteiger charge is 2.21. The molecule has 0 spiro atoms. The van der Waals surface area contributed by atoms with E-state index in [1.807, 2.05) is 31.2 Å². The van der Waals surface area contributed by atoms with Crippen molar-refractivity contribution in [3.05, 3.63) is 64.3 Å². The van der Waals surface area contributed by atoms with Crippen LogP contribution in [0.3, 0.4) is 0 Å². The zero-order valence-corrected chi connectivity index (χ0v) is 16.2. The van der Waals surface area contributed by atoms with E-state index in [1.54, 1.807) is 17.5 Å². The summed E-state index contributed by atoms with van der Waals surface area (Å²) in [6.45, 7) is 3.48. The Morgan fingerprint density at radius 3 is 2.59 bits per heavy atom. The molecule has 3 rings (SSSR count). The van der Waals surface area contributed by atoms with Gasteiger partial charge in [0.05, 0.1) is 5.02 Å². The molecule has 1 N–H and O–H groups in total. The van der Waals surface area contributed by atoms with Gasteiger partial charge in [-0.2, -0.15) is 0 Å². The van der Waals surface area contributed by atoms with Gasteiger partial charge >= 0.3 is 5.97 Å². The fourth-order valence-corrected chi connectivity index (χ4v) is 3.06. The fraction of sp³-hybridized carbons (Fsp3) is 0.158. The van der Waals surface area contributed by atoms with Crippen molar-refractivity contribution in [1.82, 2.24) is 9.97 Å². The highest BCUT2D eigenvalue weighted by Crippen LogP contribution is 2.24. The third kappa shape index (κ3) is 4.90. The fourth-order valence-electron chi connectivity index (χ4n) is 2.15. The highest BCUT2D eigenvalue weighted by molar-refractivity contribution is 7.13. The number of hydrogen-bond donors (Lipinski definition) is 1. The predicted octanol–water partition coefficient (Wildman–Crippen LogP) is 4.35. The number of nitrogens with one attached hydrogen (secondary N) is 1. The second kappa shape index (κ2) is 8.28. The maximum atomic E-state index is 12.3. The standard InChI is InChI=1S/C19H16ClN3O3S/c1-11-3-5-13(6-4-11)18-22-15(10-27-18)19(25)26-12(2)17(24)23-16-8-7-14(20)9-21-16/h3-10,12H,1-2H3,(H,21,23,24)/t12-/m1/s1. The summed E-state index contributed by atoms with van der Waals surface area (Å²) in [7, 11) is 0. The number of thiazole rings is 1. The number of benzene rings is 1. The number of esters is 1. The first-order chi connectivity index (χ1) is 12.9. The topological polar surface area (TPSA) is 81.2 Å². The average Bonchev–Trinajstić information content (AvgIpc) is 3.14. The molecule has 138 valence electrons. The van der Waals surface area contributed by atoms with E-state index in [4.69, 9.17) is 16.3 Å². The number of aryl methyl sites for hydroxylation is 1. The first-order valence-corrected chi connectivity index (χ1v) is 9.34. The predicted molar refractivity (Wildman–Crippen MR) is 105 cm³/mol. The zero-order valence-electron chi connectivity index (χ0n) is 14.6. The van der Waals surface area contributed by atoms with Crippen molar-refractivity contribution in [3.8, 4) is 10.6 Å². The lowest BCUT2D eigenvalue weighted by molar-refractivity contribution is -0.123. The number of nitrogens with zero attached hydrogens (tertiary/aromatic N) is 2. The largest absolute Gasteiger partial charge is 0.448 e. The molecule has 0 aliphatic heterocycles. The summed E-state index contributed by atoms with van der Waals surface area (Å²) in [5.74, 6) is -0.828. The van der Waals surface area contributed by atoms with Crippen molar-refractivity contribution in [2.45, 2.75) is 20.0 Å². The number of carbonyl (C=O) groups is 2. The van der Waals surface area contributed by atoms with Gasteiger partial charge in [-0.25, -0.2) is 14.8 Å². The van der Waals surface area contributed by atoms with Crippen LogP contribution in [0.5, 0.6) is 0 Å². The van der Waals surface area contributed by atoms with E-state index >= 15 is 0 Å². The Labute approximate surface area is 165 Å². The molecule has 0 fully saturated rings. The molecule has 0 saturated heterocycles. The van der Waals surface area contributed by atoms with Gasteiger partial charge in [-0.1, -0.05) is 41.4 Å². The van der Waals surface area contributed by atoms with Crippen LogP contribution >= 0.6 is 22.9 Å². The normalized spacial score (nSPS) is 11.7. The van der Waals surface area contributed by atoms with Gasteiger partial charge in [0.25, 0.3) is 5.91 Å². The minimum atomic E-state index is -1.00. The van der Waals surface area contributed by atoms with Gasteiger partial charge in [0.15, 0.2) is 11.8 Å². The lowest BCUT2D eigenvalue weighted by Crippen LogP contribution is -2.30. The number of aromatic nitrogens is 2. The number of pyridine rings is 1. The van der Waals surface area contributed by atoms with Gasteiger partial charge < -0.3 is 10.1 Å². The lowest BCUT2D eigenvalue weighted by atomic mass is 10.2. The van der Waals surface area contributed by atoms with Crippen molar-refractivity contribution in [1.29, 1.82) is 0 Å². The average molecular weight is 402 g/mol. The van der Waals surface area contributed by atoms with Crippen LogP contribution in [0.1, 0.15) is 23.0 Å². The molecular formula is C19H16ClN3O3S. The van der Waals surface area contributed by atoms with Crippen LogP contribution in [0, 0.1) is 6.92 Å². The molecule has 6 nitrogen and oxygen atoms in total. The molecule has 2 heterocycles. The van der Waals surface area contributed by atoms with Crippen LogP contribution in [0.2, 0.25) is 5.02 Å². The second-order valence-electron chi connectivity index (χ2n) is 5.80. The van der Waals surface area contributed by atoms with Gasteiger partial charge in [-0.15, -0.1) is 11.3 Å². The minimum Gasteiger partial charge on any atom is -0.448 e. The van der Waals surface area contributed by atoms with Crippen molar-refractivity contribution in [2.24, 2.45) is 0 Å². The number of rotatable bonds is 5. The van der Waals surface area contributed by atoms with E-state index in [9.17, 15) is 9.59 Å². The van der Waals surface area contributed by atoms with E-state index in [1.165, 1.54) is 24.5 Å². The summed E-state index contributed by atoms with van der Waals surface area (Å²) in [5, 5.41) is 5.34. The number of anilines is 1. The molecule has 1 aromatic carbocycles. The van der Waals surface area contributed by atoms with Gasteiger partial charge in [-0.05, 0) is 26.0 Å². The van der Waals surface area contributed by atoms with Crippen molar-refractivity contribution in [3.63, 3.8) is 0 Å². The van der Waals surface area contributed by atoms with Gasteiger partial charge in [0, 0.05) is 17.1 Å². The molecule has 0 aliphatic carbocycles. The Balaban J connectivity index is 1.61. The number of halogens is 1. The van der Waals surface area contributed by atoms with Gasteiger partial charge in [0.1, 0.15) is 10.8 Å². The van der Waals surface area contributed by atoms with Crippen molar-refractivity contribution >= 4 is 40.6 Å². The van der Waals surface area contributed by atoms with Crippen LogP contribution in [0.4, 0.5) is 5.82 Å². The molecule has 8 heteroatoms. The molecule has 1 amide bonds. The van der Waals surface area contributed by atoms with E-state index in [0.717, 1.165) is 11.1 Å². The smallest absolute Gasteiger partial charge is 0.358 e. The number of ether oxygens (including phenoxy) is 1. The Hall–Kier alpha value is -2.77. The minimum absolute atomic E-state index is 0.167. The monoisotopic (exact) mass is 401 g/mol. The number of hydrogen-bond acceptors (Lipinski definition) is 6. The summed E-state index contributed by atoms with van der Waals surface area (Å²) in [6, 6.07) is 11.0. The third-order valence-corrected chi connectivity index (χ3v) is 4.76. The van der Waals surface area contributed by atoms with Crippen LogP contribution < -0.4 is 5.32 Å². The molecule has 0 bridgehead atoms. The maximum Gasteiger partial charge on any atom is 0.358 e. The Bertz CT molecular complexity index is 955. The van der Waals surface area contributed by atoms with E-state index in [2.05, 4.69) is 15.3 Å². The first kappa shape index (κ1) is 19.0. The highest BCUT2D eigenvalue weighted by atomic mass is 35.5.